The monoisotopic (exact) mass is 242 g/mol. The zero-order valence-electron chi connectivity index (χ0n) is 10.3. The average Bonchev–Trinajstić information content (AvgIpc) is 2.68. The molecule has 0 aliphatic heterocycles. The maximum Gasteiger partial charge on any atom is 0.0581 e. The van der Waals surface area contributed by atoms with Crippen LogP contribution in [0.25, 0.3) is 0 Å². The maximum absolute atomic E-state index is 5.57. The summed E-state index contributed by atoms with van der Waals surface area (Å²) >= 11 is 1.90. The molecular weight excluding hydrogens is 220 g/mol. The average molecular weight is 242 g/mol. The van der Waals surface area contributed by atoms with Gasteiger partial charge in [0.2, 0.25) is 0 Å². The van der Waals surface area contributed by atoms with Crippen molar-refractivity contribution in [3.05, 3.63) is 18.0 Å². The predicted octanol–water partition coefficient (Wildman–Crippen LogP) is 1.94. The zero-order valence-corrected chi connectivity index (χ0v) is 11.1. The molecule has 0 radical (unpaired) electrons. The summed E-state index contributed by atoms with van der Waals surface area (Å²) in [5.41, 5.74) is 4.03. The number of rotatable bonds is 7. The Morgan fingerprint density at radius 1 is 1.56 bits per heavy atom. The molecule has 1 unspecified atom stereocenters. The van der Waals surface area contributed by atoms with Crippen molar-refractivity contribution in [3.63, 3.8) is 0 Å². The highest BCUT2D eigenvalue weighted by Gasteiger charge is 2.12. The van der Waals surface area contributed by atoms with Gasteiger partial charge in [0, 0.05) is 24.1 Å². The van der Waals surface area contributed by atoms with E-state index in [1.54, 1.807) is 0 Å². The Kier molecular flexibility index (Phi) is 5.87. The van der Waals surface area contributed by atoms with Crippen molar-refractivity contribution >= 4 is 11.8 Å². The van der Waals surface area contributed by atoms with Gasteiger partial charge in [-0.15, -0.1) is 0 Å². The molecule has 1 rings (SSSR count). The Hall–Kier alpha value is -0.520. The van der Waals surface area contributed by atoms with Crippen LogP contribution in [0.1, 0.15) is 38.8 Å². The summed E-state index contributed by atoms with van der Waals surface area (Å²) in [6, 6.07) is 0.193. The molecule has 0 fully saturated rings. The summed E-state index contributed by atoms with van der Waals surface area (Å²) < 4.78 is 1.97. The number of thioether (sulfide) groups is 1. The third kappa shape index (κ3) is 4.15. The van der Waals surface area contributed by atoms with Crippen molar-refractivity contribution in [2.45, 2.75) is 45.0 Å². The highest BCUT2D eigenvalue weighted by molar-refractivity contribution is 7.99. The summed E-state index contributed by atoms with van der Waals surface area (Å²) in [5.74, 6) is 6.55. The first kappa shape index (κ1) is 13.5. The lowest BCUT2D eigenvalue weighted by Crippen LogP contribution is -2.29. The van der Waals surface area contributed by atoms with E-state index in [2.05, 4.69) is 37.5 Å². The van der Waals surface area contributed by atoms with Crippen LogP contribution in [-0.2, 0) is 6.54 Å². The molecule has 1 heterocycles. The van der Waals surface area contributed by atoms with Crippen molar-refractivity contribution in [2.24, 2.45) is 5.84 Å². The fourth-order valence-electron chi connectivity index (χ4n) is 1.44. The fraction of sp³-hybridized carbons (Fsp3) is 0.727. The van der Waals surface area contributed by atoms with E-state index in [0.717, 1.165) is 18.7 Å². The molecule has 0 aliphatic carbocycles. The van der Waals surface area contributed by atoms with Gasteiger partial charge in [-0.3, -0.25) is 16.0 Å². The summed E-state index contributed by atoms with van der Waals surface area (Å²) in [4.78, 5) is 0. The molecule has 92 valence electrons. The van der Waals surface area contributed by atoms with Crippen LogP contribution >= 0.6 is 11.8 Å². The molecule has 0 spiro atoms. The molecule has 3 N–H and O–H groups in total. The van der Waals surface area contributed by atoms with E-state index in [4.69, 9.17) is 5.84 Å². The number of nitrogens with one attached hydrogen (secondary N) is 1. The van der Waals surface area contributed by atoms with E-state index in [-0.39, 0.29) is 6.04 Å². The number of aryl methyl sites for hydroxylation is 1. The van der Waals surface area contributed by atoms with Crippen LogP contribution in [0, 0.1) is 0 Å². The van der Waals surface area contributed by atoms with Gasteiger partial charge in [-0.25, -0.2) is 0 Å². The lowest BCUT2D eigenvalue weighted by molar-refractivity contribution is 0.592. The van der Waals surface area contributed by atoms with Crippen molar-refractivity contribution in [3.8, 4) is 0 Å². The van der Waals surface area contributed by atoms with Crippen LogP contribution in [0.2, 0.25) is 0 Å². The molecule has 1 aromatic heterocycles. The molecular formula is C11H22N4S. The highest BCUT2D eigenvalue weighted by Crippen LogP contribution is 2.20. The molecule has 1 atom stereocenters. The number of hydrogen-bond donors (Lipinski definition) is 2. The van der Waals surface area contributed by atoms with Gasteiger partial charge in [0.05, 0.1) is 12.2 Å². The molecule has 16 heavy (non-hydrogen) atoms. The van der Waals surface area contributed by atoms with Gasteiger partial charge in [0.25, 0.3) is 0 Å². The van der Waals surface area contributed by atoms with Crippen LogP contribution in [0.3, 0.4) is 0 Å². The summed E-state index contributed by atoms with van der Waals surface area (Å²) in [6.45, 7) is 7.50. The Morgan fingerprint density at radius 3 is 2.88 bits per heavy atom. The Labute approximate surface area is 102 Å². The van der Waals surface area contributed by atoms with Crippen molar-refractivity contribution in [2.75, 3.05) is 5.75 Å². The van der Waals surface area contributed by atoms with Gasteiger partial charge >= 0.3 is 0 Å². The first-order valence-corrected chi connectivity index (χ1v) is 6.82. The van der Waals surface area contributed by atoms with Crippen molar-refractivity contribution in [1.29, 1.82) is 0 Å². The van der Waals surface area contributed by atoms with Gasteiger partial charge in [-0.05, 0) is 11.7 Å². The first-order valence-electron chi connectivity index (χ1n) is 5.77. The minimum atomic E-state index is 0.193. The molecule has 0 saturated heterocycles. The smallest absolute Gasteiger partial charge is 0.0581 e. The Balaban J connectivity index is 2.56. The lowest BCUT2D eigenvalue weighted by atomic mass is 10.2. The van der Waals surface area contributed by atoms with E-state index in [1.807, 2.05) is 22.6 Å². The summed E-state index contributed by atoms with van der Waals surface area (Å²) in [5, 5.41) is 4.94. The molecule has 0 aromatic carbocycles. The van der Waals surface area contributed by atoms with Crippen molar-refractivity contribution in [1.82, 2.24) is 15.2 Å². The third-order valence-electron chi connectivity index (χ3n) is 2.31. The van der Waals surface area contributed by atoms with Crippen LogP contribution in [0.15, 0.2) is 12.4 Å². The minimum absolute atomic E-state index is 0.193. The van der Waals surface area contributed by atoms with Gasteiger partial charge in [0.1, 0.15) is 0 Å². The predicted molar refractivity (Wildman–Crippen MR) is 70.2 cm³/mol. The molecule has 0 bridgehead atoms. The maximum atomic E-state index is 5.57. The number of hydrazine groups is 1. The quantitative estimate of drug-likeness (QED) is 0.567. The van der Waals surface area contributed by atoms with Gasteiger partial charge in [-0.2, -0.15) is 16.9 Å². The van der Waals surface area contributed by atoms with Crippen LogP contribution < -0.4 is 11.3 Å². The second kappa shape index (κ2) is 6.93. The largest absolute Gasteiger partial charge is 0.272 e. The SMILES string of the molecule is CCCn1cc(C(CSC(C)C)NN)cn1. The zero-order chi connectivity index (χ0) is 12.0. The van der Waals surface area contributed by atoms with Crippen molar-refractivity contribution < 1.29 is 0 Å². The summed E-state index contributed by atoms with van der Waals surface area (Å²) in [7, 11) is 0. The number of aromatic nitrogens is 2. The van der Waals surface area contributed by atoms with Gasteiger partial charge in [0.15, 0.2) is 0 Å². The molecule has 4 nitrogen and oxygen atoms in total. The molecule has 0 aliphatic rings. The fourth-order valence-corrected chi connectivity index (χ4v) is 2.31. The van der Waals surface area contributed by atoms with Gasteiger partial charge < -0.3 is 0 Å². The standard InChI is InChI=1S/C11H22N4S/c1-4-5-15-7-10(6-13-15)11(14-12)8-16-9(2)3/h6-7,9,11,14H,4-5,8,12H2,1-3H3. The van der Waals surface area contributed by atoms with E-state index in [1.165, 1.54) is 5.56 Å². The number of nitrogens with zero attached hydrogens (tertiary/aromatic N) is 2. The summed E-state index contributed by atoms with van der Waals surface area (Å²) in [6.07, 6.45) is 5.08. The normalized spacial score (nSPS) is 13.3. The van der Waals surface area contributed by atoms with E-state index >= 15 is 0 Å². The van der Waals surface area contributed by atoms with E-state index < -0.39 is 0 Å². The van der Waals surface area contributed by atoms with Crippen LogP contribution in [0.5, 0.6) is 0 Å². The Morgan fingerprint density at radius 2 is 2.31 bits per heavy atom. The second-order valence-electron chi connectivity index (χ2n) is 4.14. The number of hydrogen-bond acceptors (Lipinski definition) is 4. The third-order valence-corrected chi connectivity index (χ3v) is 3.50. The van der Waals surface area contributed by atoms with E-state index in [9.17, 15) is 0 Å². The first-order chi connectivity index (χ1) is 7.67. The van der Waals surface area contributed by atoms with E-state index in [0.29, 0.717) is 5.25 Å². The molecule has 0 saturated carbocycles. The van der Waals surface area contributed by atoms with Crippen LogP contribution in [0.4, 0.5) is 0 Å². The Bertz CT molecular complexity index is 298. The topological polar surface area (TPSA) is 55.9 Å². The molecule has 5 heteroatoms. The van der Waals surface area contributed by atoms with Crippen LogP contribution in [-0.4, -0.2) is 20.8 Å². The second-order valence-corrected chi connectivity index (χ2v) is 5.75. The lowest BCUT2D eigenvalue weighted by Gasteiger charge is -2.14. The van der Waals surface area contributed by atoms with Gasteiger partial charge in [-0.1, -0.05) is 20.8 Å². The number of nitrogens with two attached hydrogens (primary N) is 1. The highest BCUT2D eigenvalue weighted by atomic mass is 32.2. The molecule has 0 amide bonds. The molecule has 1 aromatic rings. The minimum Gasteiger partial charge on any atom is -0.272 e.